The molecule has 18 heavy (non-hydrogen) atoms. The molecule has 0 aromatic carbocycles. The molecular weight excluding hydrogens is 236 g/mol. The number of rotatable bonds is 7. The molecule has 0 aliphatic rings. The summed E-state index contributed by atoms with van der Waals surface area (Å²) in [6.45, 7) is 2.79. The monoisotopic (exact) mass is 254 g/mol. The third-order valence-corrected chi connectivity index (χ3v) is 2.41. The number of aryl methyl sites for hydroxylation is 1. The quantitative estimate of drug-likeness (QED) is 0.615. The second kappa shape index (κ2) is 7.31. The summed E-state index contributed by atoms with van der Waals surface area (Å²) in [5.74, 6) is -1.05. The van der Waals surface area contributed by atoms with E-state index in [-0.39, 0.29) is 0 Å². The van der Waals surface area contributed by atoms with E-state index in [1.54, 1.807) is 12.5 Å². The van der Waals surface area contributed by atoms with Crippen LogP contribution in [-0.2, 0) is 11.3 Å². The first-order chi connectivity index (χ1) is 8.59. The average Bonchev–Trinajstić information content (AvgIpc) is 2.81. The summed E-state index contributed by atoms with van der Waals surface area (Å²) in [5.41, 5.74) is 0. The predicted octanol–water partition coefficient (Wildman–Crippen LogP) is 0.436. The number of aromatic nitrogens is 2. The van der Waals surface area contributed by atoms with Gasteiger partial charge < -0.3 is 20.3 Å². The van der Waals surface area contributed by atoms with Crippen molar-refractivity contribution in [2.75, 3.05) is 6.54 Å². The van der Waals surface area contributed by atoms with Crippen LogP contribution in [0.3, 0.4) is 0 Å². The van der Waals surface area contributed by atoms with Crippen LogP contribution < -0.4 is 10.6 Å². The van der Waals surface area contributed by atoms with E-state index in [1.165, 1.54) is 6.92 Å². The molecule has 1 atom stereocenters. The minimum absolute atomic E-state index is 0.451. The highest BCUT2D eigenvalue weighted by molar-refractivity contribution is 5.82. The van der Waals surface area contributed by atoms with Crippen molar-refractivity contribution in [2.24, 2.45) is 0 Å². The molecule has 3 N–H and O–H groups in total. The van der Waals surface area contributed by atoms with E-state index in [0.29, 0.717) is 6.54 Å². The Morgan fingerprint density at radius 2 is 2.22 bits per heavy atom. The van der Waals surface area contributed by atoms with Crippen LogP contribution in [0.1, 0.15) is 19.8 Å². The lowest BCUT2D eigenvalue weighted by molar-refractivity contribution is -0.138. The summed E-state index contributed by atoms with van der Waals surface area (Å²) in [6, 6.07) is -1.33. The van der Waals surface area contributed by atoms with Crippen molar-refractivity contribution in [1.82, 2.24) is 20.2 Å². The molecule has 0 aliphatic heterocycles. The first-order valence-electron chi connectivity index (χ1n) is 5.82. The molecule has 100 valence electrons. The zero-order valence-corrected chi connectivity index (χ0v) is 10.3. The van der Waals surface area contributed by atoms with Crippen LogP contribution in [0.2, 0.25) is 0 Å². The Balaban J connectivity index is 2.03. The van der Waals surface area contributed by atoms with Crippen LogP contribution in [0.5, 0.6) is 0 Å². The summed E-state index contributed by atoms with van der Waals surface area (Å²) >= 11 is 0. The number of nitrogens with zero attached hydrogens (tertiary/aromatic N) is 2. The fourth-order valence-corrected chi connectivity index (χ4v) is 1.35. The number of aliphatic carboxylic acids is 1. The smallest absolute Gasteiger partial charge is 0.325 e. The van der Waals surface area contributed by atoms with Gasteiger partial charge in [0.15, 0.2) is 0 Å². The van der Waals surface area contributed by atoms with Crippen molar-refractivity contribution in [3.63, 3.8) is 0 Å². The molecule has 0 aliphatic carbocycles. The molecule has 0 spiro atoms. The summed E-state index contributed by atoms with van der Waals surface area (Å²) in [6.07, 6.45) is 7.10. The fraction of sp³-hybridized carbons (Fsp3) is 0.545. The van der Waals surface area contributed by atoms with E-state index in [2.05, 4.69) is 15.6 Å². The number of hydrogen-bond acceptors (Lipinski definition) is 3. The number of carboxylic acid groups (broad SMARTS) is 1. The molecule has 0 bridgehead atoms. The van der Waals surface area contributed by atoms with E-state index in [1.807, 2.05) is 10.8 Å². The first-order valence-corrected chi connectivity index (χ1v) is 5.82. The van der Waals surface area contributed by atoms with E-state index in [0.717, 1.165) is 19.4 Å². The van der Waals surface area contributed by atoms with Crippen molar-refractivity contribution in [1.29, 1.82) is 0 Å². The number of urea groups is 1. The molecule has 0 saturated heterocycles. The Morgan fingerprint density at radius 1 is 1.44 bits per heavy atom. The number of nitrogens with one attached hydrogen (secondary N) is 2. The van der Waals surface area contributed by atoms with Crippen LogP contribution in [0.4, 0.5) is 4.79 Å². The molecule has 1 heterocycles. The largest absolute Gasteiger partial charge is 0.480 e. The molecule has 1 aromatic heterocycles. The van der Waals surface area contributed by atoms with Crippen LogP contribution in [-0.4, -0.2) is 39.2 Å². The van der Waals surface area contributed by atoms with Crippen molar-refractivity contribution < 1.29 is 14.7 Å². The number of imidazole rings is 1. The van der Waals surface area contributed by atoms with Gasteiger partial charge in [0.1, 0.15) is 6.04 Å². The Bertz CT molecular complexity index is 378. The van der Waals surface area contributed by atoms with E-state index in [4.69, 9.17) is 5.11 Å². The topological polar surface area (TPSA) is 96.3 Å². The molecule has 0 fully saturated rings. The van der Waals surface area contributed by atoms with Crippen molar-refractivity contribution in [2.45, 2.75) is 32.4 Å². The highest BCUT2D eigenvalue weighted by atomic mass is 16.4. The van der Waals surface area contributed by atoms with Gasteiger partial charge in [0.05, 0.1) is 6.33 Å². The van der Waals surface area contributed by atoms with Crippen molar-refractivity contribution in [3.8, 4) is 0 Å². The van der Waals surface area contributed by atoms with Crippen molar-refractivity contribution in [3.05, 3.63) is 18.7 Å². The number of carbonyl (C=O) groups excluding carboxylic acids is 1. The lowest BCUT2D eigenvalue weighted by Gasteiger charge is -2.10. The zero-order chi connectivity index (χ0) is 13.4. The molecule has 0 radical (unpaired) electrons. The maximum atomic E-state index is 11.2. The van der Waals surface area contributed by atoms with Crippen LogP contribution in [0, 0.1) is 0 Å². The molecule has 0 saturated carbocycles. The van der Waals surface area contributed by atoms with Crippen LogP contribution in [0.25, 0.3) is 0 Å². The third kappa shape index (κ3) is 5.33. The fourth-order valence-electron chi connectivity index (χ4n) is 1.35. The predicted molar refractivity (Wildman–Crippen MR) is 65.1 cm³/mol. The highest BCUT2D eigenvalue weighted by Crippen LogP contribution is 1.93. The Labute approximate surface area is 105 Å². The highest BCUT2D eigenvalue weighted by Gasteiger charge is 2.12. The number of carboxylic acids is 1. The lowest BCUT2D eigenvalue weighted by Crippen LogP contribution is -2.44. The van der Waals surface area contributed by atoms with Gasteiger partial charge in [-0.15, -0.1) is 0 Å². The maximum absolute atomic E-state index is 11.2. The van der Waals surface area contributed by atoms with Crippen molar-refractivity contribution >= 4 is 12.0 Å². The van der Waals surface area contributed by atoms with Crippen LogP contribution >= 0.6 is 0 Å². The van der Waals surface area contributed by atoms with Gasteiger partial charge in [-0.25, -0.2) is 9.78 Å². The van der Waals surface area contributed by atoms with Gasteiger partial charge in [-0.05, 0) is 19.8 Å². The lowest BCUT2D eigenvalue weighted by atomic mass is 10.3. The van der Waals surface area contributed by atoms with E-state index < -0.39 is 18.0 Å². The number of unbranched alkanes of at least 4 members (excludes halogenated alkanes) is 1. The Kier molecular flexibility index (Phi) is 5.69. The molecule has 7 nitrogen and oxygen atoms in total. The Hall–Kier alpha value is -2.05. The summed E-state index contributed by atoms with van der Waals surface area (Å²) in [5, 5.41) is 13.5. The van der Waals surface area contributed by atoms with Crippen LogP contribution in [0.15, 0.2) is 18.7 Å². The zero-order valence-electron chi connectivity index (χ0n) is 10.3. The average molecular weight is 254 g/mol. The van der Waals surface area contributed by atoms with Gasteiger partial charge in [-0.3, -0.25) is 4.79 Å². The first kappa shape index (κ1) is 14.0. The van der Waals surface area contributed by atoms with Gasteiger partial charge in [-0.2, -0.15) is 0 Å². The third-order valence-electron chi connectivity index (χ3n) is 2.41. The number of amides is 2. The molecule has 7 heteroatoms. The normalized spacial score (nSPS) is 11.8. The molecule has 1 rings (SSSR count). The Morgan fingerprint density at radius 3 is 2.83 bits per heavy atom. The van der Waals surface area contributed by atoms with Gasteiger partial charge in [0, 0.05) is 25.5 Å². The molecular formula is C11H18N4O3. The maximum Gasteiger partial charge on any atom is 0.325 e. The van der Waals surface area contributed by atoms with Gasteiger partial charge >= 0.3 is 12.0 Å². The van der Waals surface area contributed by atoms with E-state index >= 15 is 0 Å². The molecule has 2 amide bonds. The standard InChI is InChI=1S/C11H18N4O3/c1-9(10(16)17)14-11(18)13-4-2-3-6-15-7-5-12-8-15/h5,7-9H,2-4,6H2,1H3,(H,16,17)(H2,13,14,18). The number of carbonyl (C=O) groups is 2. The summed E-state index contributed by atoms with van der Waals surface area (Å²) < 4.78 is 1.96. The van der Waals surface area contributed by atoms with Gasteiger partial charge in [0.2, 0.25) is 0 Å². The molecule has 1 unspecified atom stereocenters. The van der Waals surface area contributed by atoms with E-state index in [9.17, 15) is 9.59 Å². The van der Waals surface area contributed by atoms with Gasteiger partial charge in [-0.1, -0.05) is 0 Å². The second-order valence-electron chi connectivity index (χ2n) is 3.97. The minimum Gasteiger partial charge on any atom is -0.480 e. The summed E-state index contributed by atoms with van der Waals surface area (Å²) in [4.78, 5) is 25.7. The minimum atomic E-state index is -1.05. The SMILES string of the molecule is CC(NC(=O)NCCCCn1ccnc1)C(=O)O. The van der Waals surface area contributed by atoms with Gasteiger partial charge in [0.25, 0.3) is 0 Å². The number of hydrogen-bond donors (Lipinski definition) is 3. The second-order valence-corrected chi connectivity index (χ2v) is 3.97. The summed E-state index contributed by atoms with van der Waals surface area (Å²) in [7, 11) is 0. The molecule has 1 aromatic rings.